The molecule has 0 aliphatic heterocycles. The molecule has 0 bridgehead atoms. The van der Waals surface area contributed by atoms with Gasteiger partial charge in [0, 0.05) is 24.7 Å². The Hall–Kier alpha value is -2.28. The zero-order valence-electron chi connectivity index (χ0n) is 11.5. The van der Waals surface area contributed by atoms with Crippen molar-refractivity contribution in [1.82, 2.24) is 14.4 Å². The lowest BCUT2D eigenvalue weighted by atomic mass is 10.2. The number of fused-ring (bicyclic) bond motifs is 1. The monoisotopic (exact) mass is 348 g/mol. The molecule has 2 heterocycles. The third-order valence-electron chi connectivity index (χ3n) is 3.00. The van der Waals surface area contributed by atoms with Crippen LogP contribution in [0.25, 0.3) is 5.65 Å². The molecule has 108 valence electrons. The Labute approximate surface area is 129 Å². The average Bonchev–Trinajstić information content (AvgIpc) is 2.95. The topological polar surface area (TPSA) is 60.7 Å². The van der Waals surface area contributed by atoms with E-state index in [0.29, 0.717) is 16.2 Å². The molecule has 2 aromatic heterocycles. The zero-order valence-corrected chi connectivity index (χ0v) is 13.1. The van der Waals surface area contributed by atoms with Crippen LogP contribution in [0.3, 0.4) is 0 Å². The summed E-state index contributed by atoms with van der Waals surface area (Å²) in [5.74, 6) is 2.05. The number of hydrogen-bond acceptors (Lipinski definition) is 5. The van der Waals surface area contributed by atoms with Gasteiger partial charge >= 0.3 is 0 Å². The van der Waals surface area contributed by atoms with Gasteiger partial charge in [0.25, 0.3) is 0 Å². The first-order chi connectivity index (χ1) is 10.2. The molecule has 1 aromatic carbocycles. The van der Waals surface area contributed by atoms with E-state index in [1.807, 2.05) is 35.0 Å². The lowest BCUT2D eigenvalue weighted by Gasteiger charge is -2.12. The lowest BCUT2D eigenvalue weighted by Crippen LogP contribution is -2.01. The number of halogens is 1. The SMILES string of the molecule is COc1ccc(OC)c(Nc2nc(Br)cn3ccnc23)c1. The van der Waals surface area contributed by atoms with Crippen molar-refractivity contribution in [2.45, 2.75) is 0 Å². The van der Waals surface area contributed by atoms with E-state index in [9.17, 15) is 0 Å². The van der Waals surface area contributed by atoms with E-state index in [0.717, 1.165) is 17.1 Å². The molecule has 0 unspecified atom stereocenters. The highest BCUT2D eigenvalue weighted by molar-refractivity contribution is 9.10. The summed E-state index contributed by atoms with van der Waals surface area (Å²) >= 11 is 3.39. The number of imidazole rings is 1. The molecule has 0 spiro atoms. The van der Waals surface area contributed by atoms with Crippen LogP contribution in [0.5, 0.6) is 11.5 Å². The van der Waals surface area contributed by atoms with E-state index in [2.05, 4.69) is 31.2 Å². The van der Waals surface area contributed by atoms with Gasteiger partial charge in [0.15, 0.2) is 11.5 Å². The number of nitrogens with one attached hydrogen (secondary N) is 1. The Balaban J connectivity index is 2.07. The molecule has 21 heavy (non-hydrogen) atoms. The summed E-state index contributed by atoms with van der Waals surface area (Å²) in [4.78, 5) is 8.72. The van der Waals surface area contributed by atoms with Crippen LogP contribution in [0.4, 0.5) is 11.5 Å². The largest absolute Gasteiger partial charge is 0.497 e. The van der Waals surface area contributed by atoms with Crippen LogP contribution in [0, 0.1) is 0 Å². The van der Waals surface area contributed by atoms with Gasteiger partial charge in [-0.05, 0) is 28.1 Å². The van der Waals surface area contributed by atoms with Gasteiger partial charge in [0.2, 0.25) is 0 Å². The van der Waals surface area contributed by atoms with Crippen molar-refractivity contribution >= 4 is 33.1 Å². The van der Waals surface area contributed by atoms with Crippen molar-refractivity contribution in [3.8, 4) is 11.5 Å². The number of methoxy groups -OCH3 is 2. The van der Waals surface area contributed by atoms with Gasteiger partial charge in [-0.2, -0.15) is 0 Å². The number of anilines is 2. The predicted octanol–water partition coefficient (Wildman–Crippen LogP) is 3.25. The van der Waals surface area contributed by atoms with Gasteiger partial charge in [-0.1, -0.05) is 0 Å². The van der Waals surface area contributed by atoms with E-state index in [1.54, 1.807) is 20.4 Å². The van der Waals surface area contributed by atoms with Crippen LogP contribution < -0.4 is 14.8 Å². The van der Waals surface area contributed by atoms with Crippen molar-refractivity contribution in [3.63, 3.8) is 0 Å². The van der Waals surface area contributed by atoms with Crippen molar-refractivity contribution < 1.29 is 9.47 Å². The van der Waals surface area contributed by atoms with Crippen LogP contribution in [0.2, 0.25) is 0 Å². The number of hydrogen-bond donors (Lipinski definition) is 1. The van der Waals surface area contributed by atoms with Crippen molar-refractivity contribution in [2.75, 3.05) is 19.5 Å². The molecule has 3 aromatic rings. The van der Waals surface area contributed by atoms with Gasteiger partial charge in [-0.25, -0.2) is 9.97 Å². The predicted molar refractivity (Wildman–Crippen MR) is 83.5 cm³/mol. The number of rotatable bonds is 4. The lowest BCUT2D eigenvalue weighted by molar-refractivity contribution is 0.405. The summed E-state index contributed by atoms with van der Waals surface area (Å²) in [6, 6.07) is 5.52. The highest BCUT2D eigenvalue weighted by atomic mass is 79.9. The Kier molecular flexibility index (Phi) is 3.66. The molecule has 0 saturated heterocycles. The van der Waals surface area contributed by atoms with Gasteiger partial charge in [-0.15, -0.1) is 0 Å². The molecule has 3 rings (SSSR count). The maximum Gasteiger partial charge on any atom is 0.180 e. The van der Waals surface area contributed by atoms with Gasteiger partial charge in [-0.3, -0.25) is 0 Å². The summed E-state index contributed by atoms with van der Waals surface area (Å²) in [7, 11) is 3.24. The summed E-state index contributed by atoms with van der Waals surface area (Å²) < 4.78 is 13.2. The number of aromatic nitrogens is 3. The minimum Gasteiger partial charge on any atom is -0.497 e. The van der Waals surface area contributed by atoms with Crippen LogP contribution in [0.1, 0.15) is 0 Å². The molecule has 0 atom stereocenters. The molecule has 6 nitrogen and oxygen atoms in total. The Morgan fingerprint density at radius 3 is 2.86 bits per heavy atom. The van der Waals surface area contributed by atoms with Crippen LogP contribution in [0.15, 0.2) is 41.4 Å². The number of benzene rings is 1. The van der Waals surface area contributed by atoms with Gasteiger partial charge in [0.05, 0.1) is 19.9 Å². The second-order valence-corrected chi connectivity index (χ2v) is 5.07. The van der Waals surface area contributed by atoms with Crippen molar-refractivity contribution in [2.24, 2.45) is 0 Å². The fourth-order valence-electron chi connectivity index (χ4n) is 2.02. The molecule has 0 aliphatic rings. The van der Waals surface area contributed by atoms with E-state index in [4.69, 9.17) is 9.47 Å². The van der Waals surface area contributed by atoms with Crippen molar-refractivity contribution in [1.29, 1.82) is 0 Å². The second kappa shape index (κ2) is 5.61. The number of nitrogens with zero attached hydrogens (tertiary/aromatic N) is 3. The number of ether oxygens (including phenoxy) is 2. The zero-order chi connectivity index (χ0) is 14.8. The smallest absolute Gasteiger partial charge is 0.180 e. The van der Waals surface area contributed by atoms with Crippen LogP contribution >= 0.6 is 15.9 Å². The Morgan fingerprint density at radius 1 is 1.24 bits per heavy atom. The van der Waals surface area contributed by atoms with E-state index in [1.165, 1.54) is 0 Å². The highest BCUT2D eigenvalue weighted by Crippen LogP contribution is 2.32. The molecular formula is C14H13BrN4O2. The second-order valence-electron chi connectivity index (χ2n) is 4.26. The third-order valence-corrected chi connectivity index (χ3v) is 3.39. The van der Waals surface area contributed by atoms with Gasteiger partial charge in [0.1, 0.15) is 16.1 Å². The quantitative estimate of drug-likeness (QED) is 0.784. The van der Waals surface area contributed by atoms with E-state index in [-0.39, 0.29) is 0 Å². The Bertz CT molecular complexity index is 788. The molecule has 0 amide bonds. The van der Waals surface area contributed by atoms with E-state index >= 15 is 0 Å². The van der Waals surface area contributed by atoms with E-state index < -0.39 is 0 Å². The molecular weight excluding hydrogens is 336 g/mol. The third kappa shape index (κ3) is 2.64. The maximum absolute atomic E-state index is 5.36. The molecule has 0 aliphatic carbocycles. The minimum atomic E-state index is 0.626. The van der Waals surface area contributed by atoms with Crippen molar-refractivity contribution in [3.05, 3.63) is 41.4 Å². The molecule has 1 N–H and O–H groups in total. The molecule has 0 fully saturated rings. The molecule has 7 heteroatoms. The maximum atomic E-state index is 5.36. The van der Waals surface area contributed by atoms with Crippen LogP contribution in [-0.4, -0.2) is 28.6 Å². The fourth-order valence-corrected chi connectivity index (χ4v) is 2.42. The summed E-state index contributed by atoms with van der Waals surface area (Å²) in [5, 5.41) is 3.24. The minimum absolute atomic E-state index is 0.626. The summed E-state index contributed by atoms with van der Waals surface area (Å²) in [6.07, 6.45) is 5.42. The Morgan fingerprint density at radius 2 is 2.10 bits per heavy atom. The first-order valence-electron chi connectivity index (χ1n) is 6.19. The highest BCUT2D eigenvalue weighted by Gasteiger charge is 2.11. The molecule has 0 radical (unpaired) electrons. The molecule has 0 saturated carbocycles. The fraction of sp³-hybridized carbons (Fsp3) is 0.143. The van der Waals surface area contributed by atoms with Gasteiger partial charge < -0.3 is 19.2 Å². The summed E-state index contributed by atoms with van der Waals surface area (Å²) in [5.41, 5.74) is 1.48. The first-order valence-corrected chi connectivity index (χ1v) is 6.99. The standard InChI is InChI=1S/C14H13BrN4O2/c1-20-9-3-4-11(21-2)10(7-9)17-13-14-16-5-6-19(14)8-12(15)18-13/h3-8H,1-2H3,(H,17,18). The van der Waals surface area contributed by atoms with Crippen LogP contribution in [-0.2, 0) is 0 Å². The summed E-state index contributed by atoms with van der Waals surface area (Å²) in [6.45, 7) is 0. The average molecular weight is 349 g/mol. The normalized spacial score (nSPS) is 10.6. The first kappa shape index (κ1) is 13.7.